The fourth-order valence-corrected chi connectivity index (χ4v) is 2.05. The molecule has 5 heteroatoms. The third-order valence-corrected chi connectivity index (χ3v) is 2.80. The van der Waals surface area contributed by atoms with Crippen molar-refractivity contribution in [3.8, 4) is 5.75 Å². The second kappa shape index (κ2) is 4.99. The number of ether oxygens (including phenoxy) is 2. The lowest BCUT2D eigenvalue weighted by Gasteiger charge is -2.28. The van der Waals surface area contributed by atoms with Crippen molar-refractivity contribution < 1.29 is 14.3 Å². The summed E-state index contributed by atoms with van der Waals surface area (Å²) in [5, 5.41) is 2.86. The SMILES string of the molecule is CC(C)(C)OC(=O)NC1CCOc2c(N)cccc21. The van der Waals surface area contributed by atoms with E-state index in [2.05, 4.69) is 5.32 Å². The fourth-order valence-electron chi connectivity index (χ4n) is 2.05. The average molecular weight is 264 g/mol. The largest absolute Gasteiger partial charge is 0.491 e. The van der Waals surface area contributed by atoms with Crippen LogP contribution >= 0.6 is 0 Å². The molecular weight excluding hydrogens is 244 g/mol. The standard InChI is InChI=1S/C14H20N2O3/c1-14(2,3)19-13(17)16-11-7-8-18-12-9(11)5-4-6-10(12)15/h4-6,11H,7-8,15H2,1-3H3,(H,16,17). The van der Waals surface area contributed by atoms with Gasteiger partial charge < -0.3 is 20.5 Å². The number of nitrogens with one attached hydrogen (secondary N) is 1. The molecule has 2 rings (SSSR count). The number of nitrogens with two attached hydrogens (primary N) is 1. The summed E-state index contributed by atoms with van der Waals surface area (Å²) in [5.41, 5.74) is 6.85. The highest BCUT2D eigenvalue weighted by Gasteiger charge is 2.26. The van der Waals surface area contributed by atoms with Crippen LogP contribution in [0.4, 0.5) is 10.5 Å². The van der Waals surface area contributed by atoms with Gasteiger partial charge in [-0.3, -0.25) is 0 Å². The Bertz CT molecular complexity index is 480. The predicted molar refractivity (Wildman–Crippen MR) is 73.1 cm³/mol. The van der Waals surface area contributed by atoms with Crippen molar-refractivity contribution in [1.82, 2.24) is 5.32 Å². The van der Waals surface area contributed by atoms with Crippen LogP contribution < -0.4 is 15.8 Å². The Balaban J connectivity index is 2.12. The summed E-state index contributed by atoms with van der Waals surface area (Å²) in [4.78, 5) is 11.8. The van der Waals surface area contributed by atoms with Crippen LogP contribution in [0.25, 0.3) is 0 Å². The van der Waals surface area contributed by atoms with E-state index in [-0.39, 0.29) is 6.04 Å². The molecule has 0 bridgehead atoms. The lowest BCUT2D eigenvalue weighted by molar-refractivity contribution is 0.0491. The number of alkyl carbamates (subject to hydrolysis) is 1. The summed E-state index contributed by atoms with van der Waals surface area (Å²) in [5.74, 6) is 0.662. The Kier molecular flexibility index (Phi) is 3.55. The summed E-state index contributed by atoms with van der Waals surface area (Å²) in [7, 11) is 0. The van der Waals surface area contributed by atoms with Crippen molar-refractivity contribution in [3.05, 3.63) is 23.8 Å². The number of amides is 1. The van der Waals surface area contributed by atoms with Crippen molar-refractivity contribution in [2.75, 3.05) is 12.3 Å². The molecule has 1 amide bonds. The van der Waals surface area contributed by atoms with Crippen LogP contribution in [0.3, 0.4) is 0 Å². The Hall–Kier alpha value is -1.91. The number of carbonyl (C=O) groups excluding carboxylic acids is 1. The van der Waals surface area contributed by atoms with Gasteiger partial charge in [-0.2, -0.15) is 0 Å². The van der Waals surface area contributed by atoms with E-state index in [9.17, 15) is 4.79 Å². The lowest BCUT2D eigenvalue weighted by atomic mass is 10.00. The molecule has 1 aromatic rings. The van der Waals surface area contributed by atoms with Gasteiger partial charge in [0.25, 0.3) is 0 Å². The van der Waals surface area contributed by atoms with Crippen LogP contribution in [-0.4, -0.2) is 18.3 Å². The van der Waals surface area contributed by atoms with E-state index >= 15 is 0 Å². The summed E-state index contributed by atoms with van der Waals surface area (Å²) < 4.78 is 10.8. The second-order valence-electron chi connectivity index (χ2n) is 5.60. The maximum atomic E-state index is 11.8. The molecule has 1 unspecified atom stereocenters. The summed E-state index contributed by atoms with van der Waals surface area (Å²) >= 11 is 0. The van der Waals surface area contributed by atoms with Gasteiger partial charge in [-0.15, -0.1) is 0 Å². The first-order valence-electron chi connectivity index (χ1n) is 6.37. The van der Waals surface area contributed by atoms with Crippen molar-refractivity contribution in [3.63, 3.8) is 0 Å². The van der Waals surface area contributed by atoms with E-state index in [1.165, 1.54) is 0 Å². The van der Waals surface area contributed by atoms with E-state index in [0.717, 1.165) is 5.56 Å². The molecule has 0 saturated heterocycles. The predicted octanol–water partition coefficient (Wildman–Crippen LogP) is 2.62. The molecule has 5 nitrogen and oxygen atoms in total. The first-order valence-corrected chi connectivity index (χ1v) is 6.37. The number of nitrogen functional groups attached to an aromatic ring is 1. The van der Waals surface area contributed by atoms with E-state index in [1.807, 2.05) is 32.9 Å². The number of rotatable bonds is 1. The second-order valence-corrected chi connectivity index (χ2v) is 5.60. The molecule has 0 radical (unpaired) electrons. The van der Waals surface area contributed by atoms with Crippen LogP contribution in [0.2, 0.25) is 0 Å². The Morgan fingerprint density at radius 3 is 2.89 bits per heavy atom. The van der Waals surface area contributed by atoms with Crippen LogP contribution in [0.1, 0.15) is 38.8 Å². The molecule has 1 aliphatic heterocycles. The zero-order chi connectivity index (χ0) is 14.0. The molecule has 0 fully saturated rings. The molecule has 1 aromatic carbocycles. The first kappa shape index (κ1) is 13.5. The highest BCUT2D eigenvalue weighted by atomic mass is 16.6. The third kappa shape index (κ3) is 3.30. The van der Waals surface area contributed by atoms with E-state index in [0.29, 0.717) is 24.5 Å². The topological polar surface area (TPSA) is 73.6 Å². The molecule has 0 saturated carbocycles. The number of para-hydroxylation sites is 1. The Morgan fingerprint density at radius 2 is 2.21 bits per heavy atom. The van der Waals surface area contributed by atoms with Gasteiger partial charge in [0.15, 0.2) is 0 Å². The number of hydrogen-bond acceptors (Lipinski definition) is 4. The van der Waals surface area contributed by atoms with Crippen molar-refractivity contribution in [2.24, 2.45) is 0 Å². The minimum Gasteiger partial charge on any atom is -0.491 e. The molecule has 1 aliphatic rings. The number of carbonyl (C=O) groups is 1. The number of anilines is 1. The Labute approximate surface area is 113 Å². The van der Waals surface area contributed by atoms with Gasteiger partial charge in [0.1, 0.15) is 11.4 Å². The third-order valence-electron chi connectivity index (χ3n) is 2.80. The molecule has 104 valence electrons. The maximum Gasteiger partial charge on any atom is 0.408 e. The fraction of sp³-hybridized carbons (Fsp3) is 0.500. The smallest absolute Gasteiger partial charge is 0.408 e. The molecule has 0 spiro atoms. The number of benzene rings is 1. The normalized spacial score (nSPS) is 18.2. The highest BCUT2D eigenvalue weighted by molar-refractivity contribution is 5.69. The summed E-state index contributed by atoms with van der Waals surface area (Å²) in [6, 6.07) is 5.43. The molecule has 0 aromatic heterocycles. The molecule has 1 heterocycles. The monoisotopic (exact) mass is 264 g/mol. The van der Waals surface area contributed by atoms with Gasteiger partial charge in [0.05, 0.1) is 18.3 Å². The quantitative estimate of drug-likeness (QED) is 0.765. The van der Waals surface area contributed by atoms with Gasteiger partial charge >= 0.3 is 6.09 Å². The van der Waals surface area contributed by atoms with Gasteiger partial charge in [-0.25, -0.2) is 4.79 Å². The minimum absolute atomic E-state index is 0.123. The van der Waals surface area contributed by atoms with Crippen LogP contribution in [0, 0.1) is 0 Å². The van der Waals surface area contributed by atoms with Gasteiger partial charge in [-0.05, 0) is 26.8 Å². The van der Waals surface area contributed by atoms with Crippen molar-refractivity contribution in [2.45, 2.75) is 38.8 Å². The molecule has 3 N–H and O–H groups in total. The van der Waals surface area contributed by atoms with Crippen LogP contribution in [0.5, 0.6) is 5.75 Å². The average Bonchev–Trinajstić information content (AvgIpc) is 2.28. The summed E-state index contributed by atoms with van der Waals surface area (Å²) in [6.45, 7) is 6.04. The van der Waals surface area contributed by atoms with Crippen LogP contribution in [-0.2, 0) is 4.74 Å². The zero-order valence-corrected chi connectivity index (χ0v) is 11.5. The van der Waals surface area contributed by atoms with Crippen molar-refractivity contribution in [1.29, 1.82) is 0 Å². The van der Waals surface area contributed by atoms with Gasteiger partial charge in [0, 0.05) is 12.0 Å². The molecule has 0 aliphatic carbocycles. The van der Waals surface area contributed by atoms with E-state index < -0.39 is 11.7 Å². The first-order chi connectivity index (χ1) is 8.87. The van der Waals surface area contributed by atoms with E-state index in [4.69, 9.17) is 15.2 Å². The molecule has 19 heavy (non-hydrogen) atoms. The van der Waals surface area contributed by atoms with Crippen LogP contribution in [0.15, 0.2) is 18.2 Å². The molecular formula is C14H20N2O3. The highest BCUT2D eigenvalue weighted by Crippen LogP contribution is 2.36. The number of hydrogen-bond donors (Lipinski definition) is 2. The zero-order valence-electron chi connectivity index (χ0n) is 11.5. The van der Waals surface area contributed by atoms with Crippen molar-refractivity contribution >= 4 is 11.8 Å². The number of fused-ring (bicyclic) bond motifs is 1. The Morgan fingerprint density at radius 1 is 1.47 bits per heavy atom. The van der Waals surface area contributed by atoms with Gasteiger partial charge in [-0.1, -0.05) is 12.1 Å². The van der Waals surface area contributed by atoms with Gasteiger partial charge in [0.2, 0.25) is 0 Å². The molecule has 1 atom stereocenters. The van der Waals surface area contributed by atoms with E-state index in [1.54, 1.807) is 6.07 Å². The summed E-state index contributed by atoms with van der Waals surface area (Å²) in [6.07, 6.45) is 0.281. The minimum atomic E-state index is -0.506. The lowest BCUT2D eigenvalue weighted by Crippen LogP contribution is -2.36. The maximum absolute atomic E-state index is 11.8.